The van der Waals surface area contributed by atoms with E-state index in [9.17, 15) is 4.79 Å². The van der Waals surface area contributed by atoms with E-state index >= 15 is 0 Å². The Balaban J connectivity index is 2.21. The zero-order valence-corrected chi connectivity index (χ0v) is 8.80. The van der Waals surface area contributed by atoms with E-state index in [1.165, 1.54) is 4.88 Å². The maximum Gasteiger partial charge on any atom is 0.308 e. The van der Waals surface area contributed by atoms with E-state index in [4.69, 9.17) is 5.11 Å². The summed E-state index contributed by atoms with van der Waals surface area (Å²) < 4.78 is 0. The number of nitrogens with one attached hydrogen (secondary N) is 1. The number of hydrogen-bond acceptors (Lipinski definition) is 3. The van der Waals surface area contributed by atoms with Crippen molar-refractivity contribution in [2.75, 3.05) is 6.54 Å². The lowest BCUT2D eigenvalue weighted by Crippen LogP contribution is -2.22. The first kappa shape index (κ1) is 9.68. The molecule has 0 radical (unpaired) electrons. The van der Waals surface area contributed by atoms with Crippen molar-refractivity contribution in [3.63, 3.8) is 0 Å². The first-order valence-electron chi connectivity index (χ1n) is 4.71. The lowest BCUT2D eigenvalue weighted by atomic mass is 10.00. The van der Waals surface area contributed by atoms with E-state index in [0.29, 0.717) is 0 Å². The van der Waals surface area contributed by atoms with Crippen LogP contribution in [0.3, 0.4) is 0 Å². The average molecular weight is 211 g/mol. The molecule has 0 amide bonds. The molecule has 2 atom stereocenters. The highest BCUT2D eigenvalue weighted by molar-refractivity contribution is 7.12. The van der Waals surface area contributed by atoms with Crippen LogP contribution in [0.2, 0.25) is 0 Å². The number of aryl methyl sites for hydroxylation is 1. The summed E-state index contributed by atoms with van der Waals surface area (Å²) in [5.74, 6) is -0.945. The van der Waals surface area contributed by atoms with E-state index in [-0.39, 0.29) is 12.0 Å². The van der Waals surface area contributed by atoms with Gasteiger partial charge in [-0.3, -0.25) is 4.79 Å². The fraction of sp³-hybridized carbons (Fsp3) is 0.500. The van der Waals surface area contributed by atoms with Gasteiger partial charge in [0.2, 0.25) is 0 Å². The molecule has 2 rings (SSSR count). The van der Waals surface area contributed by atoms with Crippen LogP contribution in [-0.4, -0.2) is 17.6 Å². The van der Waals surface area contributed by atoms with Crippen molar-refractivity contribution in [3.05, 3.63) is 21.9 Å². The molecule has 0 unspecified atom stereocenters. The monoisotopic (exact) mass is 211 g/mol. The summed E-state index contributed by atoms with van der Waals surface area (Å²) >= 11 is 1.68. The Bertz CT molecular complexity index is 348. The number of rotatable bonds is 2. The molecule has 1 saturated heterocycles. The highest BCUT2D eigenvalue weighted by Crippen LogP contribution is 2.33. The summed E-state index contributed by atoms with van der Waals surface area (Å²) in [4.78, 5) is 13.3. The van der Waals surface area contributed by atoms with Crippen LogP contribution in [0.4, 0.5) is 0 Å². The van der Waals surface area contributed by atoms with Crippen molar-refractivity contribution in [1.82, 2.24) is 5.32 Å². The van der Waals surface area contributed by atoms with Crippen molar-refractivity contribution < 1.29 is 9.90 Å². The molecule has 14 heavy (non-hydrogen) atoms. The molecule has 1 aromatic heterocycles. The summed E-state index contributed by atoms with van der Waals surface area (Å²) in [5, 5.41) is 12.3. The zero-order chi connectivity index (χ0) is 10.1. The van der Waals surface area contributed by atoms with Crippen LogP contribution in [0.15, 0.2) is 12.1 Å². The lowest BCUT2D eigenvalue weighted by molar-refractivity contribution is -0.142. The van der Waals surface area contributed by atoms with Crippen molar-refractivity contribution in [2.24, 2.45) is 5.92 Å². The fourth-order valence-corrected chi connectivity index (χ4v) is 2.91. The van der Waals surface area contributed by atoms with E-state index in [1.54, 1.807) is 11.3 Å². The Hall–Kier alpha value is -0.870. The number of thiophene rings is 1. The number of carboxylic acids is 1. The third-order valence-electron chi connectivity index (χ3n) is 2.61. The van der Waals surface area contributed by atoms with Crippen LogP contribution >= 0.6 is 11.3 Å². The molecular formula is C10H13NO2S. The molecule has 1 fully saturated rings. The average Bonchev–Trinajstić information content (AvgIpc) is 2.70. The fourth-order valence-electron chi connectivity index (χ4n) is 1.89. The van der Waals surface area contributed by atoms with Gasteiger partial charge in [0.25, 0.3) is 0 Å². The lowest BCUT2D eigenvalue weighted by Gasteiger charge is -2.13. The van der Waals surface area contributed by atoms with E-state index in [1.807, 2.05) is 19.1 Å². The zero-order valence-electron chi connectivity index (χ0n) is 7.99. The van der Waals surface area contributed by atoms with E-state index < -0.39 is 5.97 Å². The largest absolute Gasteiger partial charge is 0.481 e. The van der Waals surface area contributed by atoms with Gasteiger partial charge in [0, 0.05) is 9.75 Å². The molecule has 76 valence electrons. The topological polar surface area (TPSA) is 49.3 Å². The first-order valence-corrected chi connectivity index (χ1v) is 5.52. The van der Waals surface area contributed by atoms with Gasteiger partial charge in [-0.25, -0.2) is 0 Å². The van der Waals surface area contributed by atoms with Gasteiger partial charge in [0.05, 0.1) is 12.0 Å². The highest BCUT2D eigenvalue weighted by atomic mass is 32.1. The Morgan fingerprint density at radius 2 is 2.43 bits per heavy atom. The van der Waals surface area contributed by atoms with Crippen molar-refractivity contribution in [1.29, 1.82) is 0 Å². The third kappa shape index (κ3) is 1.67. The molecule has 4 heteroatoms. The maximum atomic E-state index is 11.0. The minimum absolute atomic E-state index is 0.0196. The van der Waals surface area contributed by atoms with Gasteiger partial charge in [-0.2, -0.15) is 0 Å². The Kier molecular flexibility index (Phi) is 2.56. The van der Waals surface area contributed by atoms with E-state index in [0.717, 1.165) is 17.8 Å². The van der Waals surface area contributed by atoms with Crippen molar-refractivity contribution >= 4 is 17.3 Å². The van der Waals surface area contributed by atoms with Crippen LogP contribution in [0.5, 0.6) is 0 Å². The number of aliphatic carboxylic acids is 1. The van der Waals surface area contributed by atoms with Gasteiger partial charge in [-0.15, -0.1) is 11.3 Å². The van der Waals surface area contributed by atoms with Gasteiger partial charge in [0.15, 0.2) is 0 Å². The molecule has 0 aliphatic carbocycles. The Morgan fingerprint density at radius 1 is 1.64 bits per heavy atom. The molecule has 0 bridgehead atoms. The number of carbonyl (C=O) groups is 1. The maximum absolute atomic E-state index is 11.0. The van der Waals surface area contributed by atoms with Gasteiger partial charge < -0.3 is 10.4 Å². The molecule has 3 nitrogen and oxygen atoms in total. The first-order chi connectivity index (χ1) is 6.68. The number of carboxylic acid groups (broad SMARTS) is 1. The predicted molar refractivity (Wildman–Crippen MR) is 55.5 cm³/mol. The van der Waals surface area contributed by atoms with Crippen molar-refractivity contribution in [3.8, 4) is 0 Å². The van der Waals surface area contributed by atoms with Gasteiger partial charge in [-0.05, 0) is 32.0 Å². The minimum atomic E-state index is -0.689. The van der Waals surface area contributed by atoms with Crippen LogP contribution in [-0.2, 0) is 4.79 Å². The highest BCUT2D eigenvalue weighted by Gasteiger charge is 2.34. The number of hydrogen-bond donors (Lipinski definition) is 2. The molecule has 2 N–H and O–H groups in total. The normalized spacial score (nSPS) is 26.6. The molecule has 2 heterocycles. The minimum Gasteiger partial charge on any atom is -0.481 e. The second-order valence-electron chi connectivity index (χ2n) is 3.61. The van der Waals surface area contributed by atoms with Crippen LogP contribution < -0.4 is 5.32 Å². The molecule has 1 aliphatic heterocycles. The summed E-state index contributed by atoms with van der Waals surface area (Å²) in [6.45, 7) is 2.84. The van der Waals surface area contributed by atoms with Crippen LogP contribution in [0, 0.1) is 12.8 Å². The molecule has 1 aromatic rings. The molecule has 1 aliphatic rings. The second-order valence-corrected chi connectivity index (χ2v) is 4.93. The summed E-state index contributed by atoms with van der Waals surface area (Å²) in [6.07, 6.45) is 0.733. The second kappa shape index (κ2) is 3.71. The quantitative estimate of drug-likeness (QED) is 0.784. The summed E-state index contributed by atoms with van der Waals surface area (Å²) in [5.41, 5.74) is 0. The van der Waals surface area contributed by atoms with Crippen molar-refractivity contribution in [2.45, 2.75) is 19.4 Å². The molecule has 0 saturated carbocycles. The predicted octanol–water partition coefficient (Wildman–Crippen LogP) is 1.79. The molecule has 0 spiro atoms. The van der Waals surface area contributed by atoms with Crippen LogP contribution in [0.25, 0.3) is 0 Å². The van der Waals surface area contributed by atoms with Gasteiger partial charge >= 0.3 is 5.97 Å². The van der Waals surface area contributed by atoms with Gasteiger partial charge in [0.1, 0.15) is 0 Å². The summed E-state index contributed by atoms with van der Waals surface area (Å²) in [6, 6.07) is 4.09. The molecular weight excluding hydrogens is 198 g/mol. The van der Waals surface area contributed by atoms with Gasteiger partial charge in [-0.1, -0.05) is 0 Å². The Morgan fingerprint density at radius 3 is 3.00 bits per heavy atom. The standard InChI is InChI=1S/C10H13NO2S/c1-6-2-3-8(14-6)9-7(10(12)13)4-5-11-9/h2-3,7,9,11H,4-5H2,1H3,(H,12,13)/t7-,9-/m0/s1. The Labute approximate surface area is 86.8 Å². The van der Waals surface area contributed by atoms with Crippen LogP contribution in [0.1, 0.15) is 22.2 Å². The summed E-state index contributed by atoms with van der Waals surface area (Å²) in [7, 11) is 0. The SMILES string of the molecule is Cc1ccc([C@H]2NCC[C@@H]2C(=O)O)s1. The third-order valence-corrected chi connectivity index (χ3v) is 3.69. The molecule has 0 aromatic carbocycles. The smallest absolute Gasteiger partial charge is 0.308 e. The van der Waals surface area contributed by atoms with E-state index in [2.05, 4.69) is 5.32 Å².